The first-order valence-electron chi connectivity index (χ1n) is 15.1. The minimum absolute atomic E-state index is 0.0463. The topological polar surface area (TPSA) is 136 Å². The lowest BCUT2D eigenvalue weighted by molar-refractivity contribution is -0.154. The number of Topliss-reactive ketones (excluding diaryl/α,β-unsaturated/α-hetero) is 1. The Morgan fingerprint density at radius 3 is 2.23 bits per heavy atom. The number of carboxylic acid groups (broad SMARTS) is 1. The standard InChI is InChI=1S/C22H36O.C9H16N2O5/c1-14-9-11-21(3)16(13-14)5-6-17-19-8-7-18(15(2)23)22(19,4)12-10-20(17)21;1-5(2)8(10)9(15)11-3-7(14)16-4-6(12)13/h14,16-20H,5-13H2,1-4H3;5,8H,3-4,10H2,1-2H3,(H,11,15)(H,12,13). The Morgan fingerprint density at radius 2 is 1.62 bits per heavy atom. The van der Waals surface area contributed by atoms with Crippen molar-refractivity contribution in [3.63, 3.8) is 0 Å². The van der Waals surface area contributed by atoms with Gasteiger partial charge in [-0.25, -0.2) is 4.79 Å². The summed E-state index contributed by atoms with van der Waals surface area (Å²) in [6.45, 7) is 11.9. The van der Waals surface area contributed by atoms with E-state index < -0.39 is 30.5 Å². The van der Waals surface area contributed by atoms with Crippen LogP contribution in [0, 0.1) is 52.3 Å². The van der Waals surface area contributed by atoms with Crippen LogP contribution in [-0.4, -0.2) is 47.9 Å². The van der Waals surface area contributed by atoms with E-state index in [-0.39, 0.29) is 12.5 Å². The van der Waals surface area contributed by atoms with Crippen LogP contribution in [-0.2, 0) is 23.9 Å². The molecule has 4 aliphatic carbocycles. The molecular formula is C31H52N2O6. The number of rotatable bonds is 7. The first-order chi connectivity index (χ1) is 18.2. The maximum absolute atomic E-state index is 12.2. The quantitative estimate of drug-likeness (QED) is 0.396. The molecule has 0 aromatic carbocycles. The molecule has 0 radical (unpaired) electrons. The van der Waals surface area contributed by atoms with Crippen LogP contribution in [0.4, 0.5) is 0 Å². The van der Waals surface area contributed by atoms with Gasteiger partial charge in [0.25, 0.3) is 0 Å². The van der Waals surface area contributed by atoms with Gasteiger partial charge in [-0.15, -0.1) is 0 Å². The highest BCUT2D eigenvalue weighted by molar-refractivity contribution is 5.86. The van der Waals surface area contributed by atoms with E-state index in [0.29, 0.717) is 22.5 Å². The normalized spacial score (nSPS) is 37.7. The Kier molecular flexibility index (Phi) is 10.3. The Labute approximate surface area is 234 Å². The van der Waals surface area contributed by atoms with E-state index in [2.05, 4.69) is 30.8 Å². The highest BCUT2D eigenvalue weighted by Crippen LogP contribution is 2.67. The fourth-order valence-electron chi connectivity index (χ4n) is 8.91. The van der Waals surface area contributed by atoms with Crippen molar-refractivity contribution >= 4 is 23.6 Å². The van der Waals surface area contributed by atoms with Gasteiger partial charge in [0, 0.05) is 5.92 Å². The molecule has 0 aromatic heterocycles. The van der Waals surface area contributed by atoms with Crippen LogP contribution >= 0.6 is 0 Å². The minimum atomic E-state index is -1.25. The lowest BCUT2D eigenvalue weighted by atomic mass is 9.44. The SMILES string of the molecule is CC(=O)C1CCC2C3CCC4CC(C)CCC4(C)C3CCC12C.CC(C)C(N)C(=O)NCC(=O)OCC(=O)O. The van der Waals surface area contributed by atoms with Crippen LogP contribution in [0.1, 0.15) is 99.3 Å². The fraction of sp³-hybridized carbons (Fsp3) is 0.871. The maximum atomic E-state index is 12.2. The summed E-state index contributed by atoms with van der Waals surface area (Å²) in [6, 6.07) is -0.702. The number of hydrogen-bond acceptors (Lipinski definition) is 6. The van der Waals surface area contributed by atoms with Crippen molar-refractivity contribution in [3.05, 3.63) is 0 Å². The average Bonchev–Trinajstić information content (AvgIpc) is 3.23. The average molecular weight is 549 g/mol. The Bertz CT molecular complexity index is 921. The first-order valence-corrected chi connectivity index (χ1v) is 15.1. The molecule has 4 N–H and O–H groups in total. The van der Waals surface area contributed by atoms with Crippen LogP contribution in [0.15, 0.2) is 0 Å². The Hall–Kier alpha value is -1.96. The van der Waals surface area contributed by atoms with Crippen LogP contribution in [0.3, 0.4) is 0 Å². The number of esters is 1. The number of hydrogen-bond donors (Lipinski definition) is 3. The van der Waals surface area contributed by atoms with E-state index >= 15 is 0 Å². The van der Waals surface area contributed by atoms with Gasteiger partial charge in [-0.3, -0.25) is 14.4 Å². The smallest absolute Gasteiger partial charge is 0.341 e. The van der Waals surface area contributed by atoms with Crippen molar-refractivity contribution in [2.45, 2.75) is 105 Å². The van der Waals surface area contributed by atoms with E-state index in [0.717, 1.165) is 29.6 Å². The maximum Gasteiger partial charge on any atom is 0.341 e. The van der Waals surface area contributed by atoms with Crippen LogP contribution in [0.2, 0.25) is 0 Å². The van der Waals surface area contributed by atoms with Crippen LogP contribution in [0.5, 0.6) is 0 Å². The summed E-state index contributed by atoms with van der Waals surface area (Å²) < 4.78 is 4.30. The molecule has 0 bridgehead atoms. The minimum Gasteiger partial charge on any atom is -0.479 e. The molecule has 4 aliphatic rings. The van der Waals surface area contributed by atoms with Crippen molar-refractivity contribution in [1.29, 1.82) is 0 Å². The number of carboxylic acids is 1. The Morgan fingerprint density at radius 1 is 0.974 bits per heavy atom. The van der Waals surface area contributed by atoms with Crippen LogP contribution in [0.25, 0.3) is 0 Å². The number of carbonyl (C=O) groups excluding carboxylic acids is 3. The number of nitrogens with one attached hydrogen (secondary N) is 1. The zero-order valence-corrected chi connectivity index (χ0v) is 25.0. The van der Waals surface area contributed by atoms with Gasteiger partial charge in [-0.2, -0.15) is 0 Å². The molecule has 39 heavy (non-hydrogen) atoms. The van der Waals surface area contributed by atoms with Gasteiger partial charge in [0.1, 0.15) is 12.3 Å². The molecule has 0 spiro atoms. The lowest BCUT2D eigenvalue weighted by Gasteiger charge is -2.61. The molecule has 0 saturated heterocycles. The van der Waals surface area contributed by atoms with E-state index in [1.54, 1.807) is 13.8 Å². The summed E-state index contributed by atoms with van der Waals surface area (Å²) in [5.74, 6) is 2.92. The Balaban J connectivity index is 0.000000233. The second-order valence-corrected chi connectivity index (χ2v) is 13.9. The van der Waals surface area contributed by atoms with Gasteiger partial charge in [0.15, 0.2) is 6.61 Å². The molecule has 0 aromatic rings. The number of ether oxygens (including phenoxy) is 1. The van der Waals surface area contributed by atoms with Crippen molar-refractivity contribution in [2.75, 3.05) is 13.2 Å². The summed E-state index contributed by atoms with van der Waals surface area (Å²) >= 11 is 0. The van der Waals surface area contributed by atoms with Crippen molar-refractivity contribution in [2.24, 2.45) is 58.0 Å². The predicted octanol–water partition coefficient (Wildman–Crippen LogP) is 4.58. The van der Waals surface area contributed by atoms with Crippen molar-refractivity contribution in [3.8, 4) is 0 Å². The molecule has 4 fully saturated rings. The number of aliphatic carboxylic acids is 1. The number of amides is 1. The summed E-state index contributed by atoms with van der Waals surface area (Å²) in [6.07, 6.45) is 12.6. The van der Waals surface area contributed by atoms with Gasteiger partial charge in [-0.1, -0.05) is 41.0 Å². The van der Waals surface area contributed by atoms with E-state index in [1.807, 2.05) is 6.92 Å². The van der Waals surface area contributed by atoms with Gasteiger partial charge in [0.05, 0.1) is 6.04 Å². The predicted molar refractivity (Wildman–Crippen MR) is 149 cm³/mol. The van der Waals surface area contributed by atoms with Crippen LogP contribution < -0.4 is 11.1 Å². The zero-order chi connectivity index (χ0) is 29.1. The summed E-state index contributed by atoms with van der Waals surface area (Å²) in [7, 11) is 0. The number of fused-ring (bicyclic) bond motifs is 5. The van der Waals surface area contributed by atoms with Gasteiger partial charge in [0.2, 0.25) is 5.91 Å². The molecule has 222 valence electrons. The third-order valence-electron chi connectivity index (χ3n) is 11.2. The summed E-state index contributed by atoms with van der Waals surface area (Å²) in [5.41, 5.74) is 6.46. The number of carbonyl (C=O) groups is 4. The van der Waals surface area contributed by atoms with Gasteiger partial charge < -0.3 is 20.9 Å². The van der Waals surface area contributed by atoms with Gasteiger partial charge in [-0.05, 0) is 105 Å². The molecule has 4 saturated carbocycles. The summed E-state index contributed by atoms with van der Waals surface area (Å²) in [4.78, 5) is 44.4. The van der Waals surface area contributed by atoms with Crippen molar-refractivity contribution in [1.82, 2.24) is 5.32 Å². The molecule has 9 atom stereocenters. The third-order valence-corrected chi connectivity index (χ3v) is 11.2. The number of ketones is 1. The molecular weight excluding hydrogens is 496 g/mol. The fourth-order valence-corrected chi connectivity index (χ4v) is 8.91. The van der Waals surface area contributed by atoms with E-state index in [4.69, 9.17) is 10.8 Å². The second kappa shape index (κ2) is 12.7. The second-order valence-electron chi connectivity index (χ2n) is 13.9. The molecule has 9 unspecified atom stereocenters. The van der Waals surface area contributed by atoms with Gasteiger partial charge >= 0.3 is 11.9 Å². The molecule has 0 heterocycles. The lowest BCUT2D eigenvalue weighted by Crippen LogP contribution is -2.53. The van der Waals surface area contributed by atoms with Crippen molar-refractivity contribution < 1.29 is 29.0 Å². The summed E-state index contributed by atoms with van der Waals surface area (Å²) in [5, 5.41) is 10.5. The monoisotopic (exact) mass is 548 g/mol. The molecule has 8 heteroatoms. The largest absolute Gasteiger partial charge is 0.479 e. The first kappa shape index (κ1) is 31.6. The van der Waals surface area contributed by atoms with E-state index in [1.165, 1.54) is 57.8 Å². The third kappa shape index (κ3) is 6.86. The molecule has 8 nitrogen and oxygen atoms in total. The molecule has 0 aliphatic heterocycles. The highest BCUT2D eigenvalue weighted by atomic mass is 16.5. The molecule has 4 rings (SSSR count). The number of nitrogens with two attached hydrogens (primary N) is 1. The highest BCUT2D eigenvalue weighted by Gasteiger charge is 2.60. The zero-order valence-electron chi connectivity index (χ0n) is 25.0. The van der Waals surface area contributed by atoms with E-state index in [9.17, 15) is 19.2 Å². The molecule has 1 amide bonds.